The Morgan fingerprint density at radius 1 is 0.549 bits per heavy atom. The molecule has 0 aromatic heterocycles. The molecule has 0 saturated carbocycles. The first kappa shape index (κ1) is 38.9. The van der Waals surface area contributed by atoms with Crippen LogP contribution in [0.5, 0.6) is 0 Å². The molecule has 5 rings (SSSR count). The Balaban J connectivity index is 1.43. The van der Waals surface area contributed by atoms with Crippen molar-refractivity contribution in [2.45, 2.75) is 105 Å². The van der Waals surface area contributed by atoms with Crippen molar-refractivity contribution >= 4 is 19.9 Å². The van der Waals surface area contributed by atoms with E-state index in [-0.39, 0.29) is 15.8 Å². The lowest BCUT2D eigenvalue weighted by Gasteiger charge is -2.51. The van der Waals surface area contributed by atoms with Gasteiger partial charge in [0.25, 0.3) is 0 Å². The van der Waals surface area contributed by atoms with Gasteiger partial charge in [-0.15, -0.1) is 0 Å². The maximum absolute atomic E-state index is 14.4. The number of hydrogen-bond donors (Lipinski definition) is 0. The van der Waals surface area contributed by atoms with Gasteiger partial charge in [0.2, 0.25) is 10.0 Å². The van der Waals surface area contributed by atoms with Gasteiger partial charge in [0.05, 0.1) is 15.3 Å². The average Bonchev–Trinajstić information content (AvgIpc) is 3.15. The fourth-order valence-corrected chi connectivity index (χ4v) is 10.1. The predicted molar refractivity (Wildman–Crippen MR) is 209 cm³/mol. The van der Waals surface area contributed by atoms with Gasteiger partial charge >= 0.3 is 0 Å². The van der Waals surface area contributed by atoms with Crippen LogP contribution >= 0.6 is 0 Å². The molecule has 0 N–H and O–H groups in total. The maximum atomic E-state index is 14.4. The molecule has 1 heterocycles. The first-order chi connectivity index (χ1) is 24.7. The van der Waals surface area contributed by atoms with E-state index in [0.29, 0.717) is 19.6 Å². The van der Waals surface area contributed by atoms with Crippen molar-refractivity contribution in [3.05, 3.63) is 132 Å². The summed E-state index contributed by atoms with van der Waals surface area (Å²) >= 11 is 0. The zero-order chi connectivity index (χ0) is 36.2. The lowest BCUT2D eigenvalue weighted by molar-refractivity contribution is 0.0664. The summed E-state index contributed by atoms with van der Waals surface area (Å²) in [6.45, 7) is 3.65. The summed E-state index contributed by atoms with van der Waals surface area (Å²) in [6, 6.07) is 37.2. The number of piperazine rings is 1. The van der Waals surface area contributed by atoms with Gasteiger partial charge in [-0.3, -0.25) is 4.90 Å². The van der Waals surface area contributed by atoms with Crippen LogP contribution in [0.2, 0.25) is 0 Å². The van der Waals surface area contributed by atoms with E-state index in [1.807, 2.05) is 18.2 Å². The van der Waals surface area contributed by atoms with Crippen LogP contribution in [0, 0.1) is 0 Å². The molecule has 1 saturated heterocycles. The second kappa shape index (κ2) is 18.5. The van der Waals surface area contributed by atoms with E-state index in [0.717, 1.165) is 48.6 Å². The minimum atomic E-state index is -3.89. The highest BCUT2D eigenvalue weighted by atomic mass is 32.2. The van der Waals surface area contributed by atoms with Crippen LogP contribution in [0.15, 0.2) is 125 Å². The molecule has 4 aromatic carbocycles. The first-order valence-electron chi connectivity index (χ1n) is 18.9. The van der Waals surface area contributed by atoms with Gasteiger partial charge in [0.1, 0.15) is 0 Å². The Morgan fingerprint density at radius 3 is 1.39 bits per heavy atom. The molecule has 1 aliphatic heterocycles. The third-order valence-electron chi connectivity index (χ3n) is 10.5. The number of benzene rings is 4. The number of sulfone groups is 1. The molecular weight excluding hydrogens is 673 g/mol. The molecule has 1 aliphatic rings. The molecule has 1 unspecified atom stereocenters. The van der Waals surface area contributed by atoms with Gasteiger partial charge in [0.15, 0.2) is 9.84 Å². The number of unbranched alkanes of at least 4 members (excludes halogenated alkanes) is 10. The number of sulfonamides is 1. The Kier molecular flexibility index (Phi) is 14.1. The maximum Gasteiger partial charge on any atom is 0.243 e. The van der Waals surface area contributed by atoms with Crippen molar-refractivity contribution in [2.75, 3.05) is 25.9 Å². The topological polar surface area (TPSA) is 74.8 Å². The van der Waals surface area contributed by atoms with Gasteiger partial charge < -0.3 is 0 Å². The highest BCUT2D eigenvalue weighted by molar-refractivity contribution is 7.90. The summed E-state index contributed by atoms with van der Waals surface area (Å²) in [5.74, 6) is 0. The minimum absolute atomic E-state index is 0.113. The number of hydrogen-bond acceptors (Lipinski definition) is 5. The summed E-state index contributed by atoms with van der Waals surface area (Å²) in [4.78, 5) is 2.74. The zero-order valence-corrected chi connectivity index (χ0v) is 32.1. The molecular formula is C43H56N2O4S2. The van der Waals surface area contributed by atoms with Crippen LogP contribution < -0.4 is 0 Å². The predicted octanol–water partition coefficient (Wildman–Crippen LogP) is 9.46. The summed E-state index contributed by atoms with van der Waals surface area (Å²) in [7, 11) is -7.34. The van der Waals surface area contributed by atoms with Crippen molar-refractivity contribution in [1.29, 1.82) is 0 Å². The smallest absolute Gasteiger partial charge is 0.243 e. The van der Waals surface area contributed by atoms with Crippen molar-refractivity contribution in [3.8, 4) is 0 Å². The fourth-order valence-electron chi connectivity index (χ4n) is 7.82. The second-order valence-corrected chi connectivity index (χ2v) is 18.0. The molecule has 1 fully saturated rings. The summed E-state index contributed by atoms with van der Waals surface area (Å²) in [5.41, 5.74) is 2.79. The molecule has 0 spiro atoms. The van der Waals surface area contributed by atoms with Crippen LogP contribution in [0.25, 0.3) is 0 Å². The van der Waals surface area contributed by atoms with E-state index in [1.165, 1.54) is 75.6 Å². The van der Waals surface area contributed by atoms with Gasteiger partial charge in [0, 0.05) is 31.9 Å². The molecule has 1 atom stereocenters. The normalized spacial score (nSPS) is 16.3. The molecule has 0 aliphatic carbocycles. The Hall–Kier alpha value is -3.30. The van der Waals surface area contributed by atoms with E-state index in [1.54, 1.807) is 4.31 Å². The van der Waals surface area contributed by atoms with E-state index < -0.39 is 25.4 Å². The largest absolute Gasteiger partial charge is 0.283 e. The van der Waals surface area contributed by atoms with Crippen molar-refractivity contribution < 1.29 is 16.8 Å². The van der Waals surface area contributed by atoms with Crippen LogP contribution in [0.4, 0.5) is 0 Å². The summed E-state index contributed by atoms with van der Waals surface area (Å²) in [6.07, 6.45) is 15.5. The second-order valence-electron chi connectivity index (χ2n) is 14.1. The van der Waals surface area contributed by atoms with Gasteiger partial charge in [-0.25, -0.2) is 16.8 Å². The number of nitrogens with zero attached hydrogens (tertiary/aromatic N) is 2. The Labute approximate surface area is 307 Å². The summed E-state index contributed by atoms with van der Waals surface area (Å²) in [5, 5.41) is 0. The molecule has 8 heteroatoms. The lowest BCUT2D eigenvalue weighted by Crippen LogP contribution is -2.61. The van der Waals surface area contributed by atoms with Gasteiger partial charge in [-0.05, 0) is 47.4 Å². The zero-order valence-electron chi connectivity index (χ0n) is 30.5. The Bertz CT molecular complexity index is 1740. The SMILES string of the molecule is CCCCCCCCCCCCCC1CN(C(c2ccccc2)(c2ccccc2)c2ccccc2)CCN1S(=O)(=O)c1ccc(S(C)(=O)=O)cc1. The van der Waals surface area contributed by atoms with Gasteiger partial charge in [-0.1, -0.05) is 169 Å². The molecule has 0 amide bonds. The minimum Gasteiger partial charge on any atom is -0.283 e. The van der Waals surface area contributed by atoms with Gasteiger partial charge in [-0.2, -0.15) is 4.31 Å². The monoisotopic (exact) mass is 728 g/mol. The highest BCUT2D eigenvalue weighted by Gasteiger charge is 2.47. The quantitative estimate of drug-likeness (QED) is 0.0711. The molecule has 6 nitrogen and oxygen atoms in total. The van der Waals surface area contributed by atoms with Crippen molar-refractivity contribution in [1.82, 2.24) is 9.21 Å². The highest BCUT2D eigenvalue weighted by Crippen LogP contribution is 2.44. The van der Waals surface area contributed by atoms with Crippen LogP contribution in [-0.4, -0.2) is 58.0 Å². The third kappa shape index (κ3) is 9.58. The fraction of sp³-hybridized carbons (Fsp3) is 0.442. The lowest BCUT2D eigenvalue weighted by atomic mass is 9.75. The molecule has 51 heavy (non-hydrogen) atoms. The van der Waals surface area contributed by atoms with Crippen molar-refractivity contribution in [2.24, 2.45) is 0 Å². The van der Waals surface area contributed by atoms with Crippen LogP contribution in [-0.2, 0) is 25.4 Å². The Morgan fingerprint density at radius 2 is 0.961 bits per heavy atom. The van der Waals surface area contributed by atoms with Crippen LogP contribution in [0.1, 0.15) is 101 Å². The van der Waals surface area contributed by atoms with E-state index in [4.69, 9.17) is 0 Å². The molecule has 274 valence electrons. The molecule has 0 bridgehead atoms. The molecule has 4 aromatic rings. The molecule has 0 radical (unpaired) electrons. The first-order valence-corrected chi connectivity index (χ1v) is 22.3. The van der Waals surface area contributed by atoms with Crippen molar-refractivity contribution in [3.63, 3.8) is 0 Å². The van der Waals surface area contributed by atoms with Crippen LogP contribution in [0.3, 0.4) is 0 Å². The standard InChI is InChI=1S/C43H56N2O4S2/c1-3-4-5-6-7-8-9-10-11-12-22-29-40-36-44(34-35-45(40)51(48,49)42-32-30-41(31-33-42)50(2,46)47)43(37-23-16-13-17-24-37,38-25-18-14-19-26-38)39-27-20-15-21-28-39/h13-21,23-28,30-33,40H,3-12,22,29,34-36H2,1-2H3. The summed E-state index contributed by atoms with van der Waals surface area (Å²) < 4.78 is 54.8. The third-order valence-corrected chi connectivity index (χ3v) is 13.6. The van der Waals surface area contributed by atoms with E-state index in [9.17, 15) is 16.8 Å². The van der Waals surface area contributed by atoms with E-state index >= 15 is 0 Å². The van der Waals surface area contributed by atoms with E-state index in [2.05, 4.69) is 84.6 Å². The number of rotatable bonds is 19. The average molecular weight is 729 g/mol.